The van der Waals surface area contributed by atoms with E-state index in [2.05, 4.69) is 4.90 Å². The fraction of sp³-hybridized carbons (Fsp3) is 0.348. The minimum Gasteiger partial charge on any atom is -0.496 e. The molecule has 1 saturated heterocycles. The molecule has 30 heavy (non-hydrogen) atoms. The van der Waals surface area contributed by atoms with Crippen LogP contribution in [0.3, 0.4) is 0 Å². The summed E-state index contributed by atoms with van der Waals surface area (Å²) in [5, 5.41) is 8.87. The normalized spacial score (nSPS) is 14.3. The fourth-order valence-electron chi connectivity index (χ4n) is 3.57. The first-order chi connectivity index (χ1) is 14.5. The van der Waals surface area contributed by atoms with Gasteiger partial charge in [-0.15, -0.1) is 0 Å². The zero-order valence-electron chi connectivity index (χ0n) is 16.9. The van der Waals surface area contributed by atoms with Gasteiger partial charge in [0, 0.05) is 25.2 Å². The first-order valence-corrected chi connectivity index (χ1v) is 9.81. The molecular formula is C23H25NO6. The molecule has 1 aliphatic heterocycles. The fourth-order valence-corrected chi connectivity index (χ4v) is 3.57. The van der Waals surface area contributed by atoms with Crippen LogP contribution < -0.4 is 4.74 Å². The van der Waals surface area contributed by atoms with Gasteiger partial charge in [-0.05, 0) is 23.6 Å². The Bertz CT molecular complexity index is 919. The van der Waals surface area contributed by atoms with Crippen LogP contribution in [0.1, 0.15) is 33.5 Å². The van der Waals surface area contributed by atoms with Crippen molar-refractivity contribution in [1.29, 1.82) is 0 Å². The number of methoxy groups -OCH3 is 1. The van der Waals surface area contributed by atoms with Crippen LogP contribution in [-0.2, 0) is 27.3 Å². The number of carboxylic acid groups (broad SMARTS) is 1. The summed E-state index contributed by atoms with van der Waals surface area (Å²) in [6, 6.07) is 13.6. The van der Waals surface area contributed by atoms with Crippen LogP contribution in [0.25, 0.3) is 0 Å². The number of ketones is 2. The maximum atomic E-state index is 12.8. The maximum absolute atomic E-state index is 12.8. The van der Waals surface area contributed by atoms with Gasteiger partial charge in [0.25, 0.3) is 0 Å². The summed E-state index contributed by atoms with van der Waals surface area (Å²) in [6.45, 7) is 3.40. The highest BCUT2D eigenvalue weighted by atomic mass is 16.5. The van der Waals surface area contributed by atoms with E-state index in [1.807, 2.05) is 36.4 Å². The topological polar surface area (TPSA) is 93.1 Å². The number of rotatable bonds is 9. The van der Waals surface area contributed by atoms with E-state index in [4.69, 9.17) is 14.6 Å². The monoisotopic (exact) mass is 411 g/mol. The van der Waals surface area contributed by atoms with Crippen molar-refractivity contribution in [2.75, 3.05) is 33.4 Å². The largest absolute Gasteiger partial charge is 0.496 e. The molecule has 1 aliphatic rings. The third kappa shape index (κ3) is 5.52. The van der Waals surface area contributed by atoms with E-state index < -0.39 is 24.0 Å². The third-order valence-electron chi connectivity index (χ3n) is 5.04. The number of hydrogen-bond acceptors (Lipinski definition) is 6. The summed E-state index contributed by atoms with van der Waals surface area (Å²) < 4.78 is 11.0. The van der Waals surface area contributed by atoms with Crippen molar-refractivity contribution >= 4 is 17.5 Å². The molecule has 0 aromatic heterocycles. The minimum absolute atomic E-state index is 0.240. The van der Waals surface area contributed by atoms with Gasteiger partial charge in [-0.25, -0.2) is 4.79 Å². The lowest BCUT2D eigenvalue weighted by Crippen LogP contribution is -2.35. The van der Waals surface area contributed by atoms with Crippen molar-refractivity contribution in [2.24, 2.45) is 0 Å². The lowest BCUT2D eigenvalue weighted by atomic mass is 9.95. The Labute approximate surface area is 175 Å². The SMILES string of the molecule is COc1c(CN2CCOCC2)cc(Cc2ccccc2)cc1C(=O)CC(=O)C(=O)O. The number of ether oxygens (including phenoxy) is 2. The zero-order valence-corrected chi connectivity index (χ0v) is 16.9. The van der Waals surface area contributed by atoms with Crippen LogP contribution in [0.15, 0.2) is 42.5 Å². The number of morpholine rings is 1. The van der Waals surface area contributed by atoms with Crippen LogP contribution in [0.5, 0.6) is 5.75 Å². The second-order valence-corrected chi connectivity index (χ2v) is 7.21. The lowest BCUT2D eigenvalue weighted by Gasteiger charge is -2.28. The highest BCUT2D eigenvalue weighted by molar-refractivity contribution is 6.37. The van der Waals surface area contributed by atoms with Gasteiger partial charge in [-0.2, -0.15) is 0 Å². The Balaban J connectivity index is 1.97. The summed E-state index contributed by atoms with van der Waals surface area (Å²) in [6.07, 6.45) is -0.0917. The van der Waals surface area contributed by atoms with Gasteiger partial charge in [0.2, 0.25) is 5.78 Å². The number of aliphatic carboxylic acids is 1. The van der Waals surface area contributed by atoms with Crippen molar-refractivity contribution in [1.82, 2.24) is 4.90 Å². The molecule has 0 amide bonds. The molecule has 1 N–H and O–H groups in total. The molecule has 2 aromatic rings. The summed E-state index contributed by atoms with van der Waals surface area (Å²) in [5.41, 5.74) is 3.05. The number of hydrogen-bond donors (Lipinski definition) is 1. The van der Waals surface area contributed by atoms with Gasteiger partial charge < -0.3 is 14.6 Å². The molecular weight excluding hydrogens is 386 g/mol. The Kier molecular flexibility index (Phi) is 7.32. The standard InChI is InChI=1S/C23H25NO6/c1-29-22-18(15-24-7-9-30-10-8-24)12-17(11-16-5-3-2-4-6-16)13-19(22)20(25)14-21(26)23(27)28/h2-6,12-13H,7-11,14-15H2,1H3,(H,27,28). The van der Waals surface area contributed by atoms with Gasteiger partial charge in [-0.3, -0.25) is 14.5 Å². The quantitative estimate of drug-likeness (QED) is 0.385. The van der Waals surface area contributed by atoms with E-state index in [0.29, 0.717) is 31.9 Å². The molecule has 1 heterocycles. The molecule has 2 aromatic carbocycles. The van der Waals surface area contributed by atoms with Crippen molar-refractivity contribution in [3.8, 4) is 5.75 Å². The van der Waals surface area contributed by atoms with Gasteiger partial charge in [0.15, 0.2) is 5.78 Å². The summed E-state index contributed by atoms with van der Waals surface area (Å²) in [7, 11) is 1.48. The number of carboxylic acids is 1. The molecule has 0 saturated carbocycles. The van der Waals surface area contributed by atoms with E-state index >= 15 is 0 Å². The molecule has 0 bridgehead atoms. The van der Waals surface area contributed by atoms with Crippen LogP contribution >= 0.6 is 0 Å². The first kappa shape index (κ1) is 21.7. The molecule has 0 radical (unpaired) electrons. The number of benzene rings is 2. The van der Waals surface area contributed by atoms with Gasteiger partial charge in [-0.1, -0.05) is 36.4 Å². The maximum Gasteiger partial charge on any atom is 0.372 e. The lowest BCUT2D eigenvalue weighted by molar-refractivity contribution is -0.148. The predicted octanol–water partition coefficient (Wildman–Crippen LogP) is 2.34. The van der Waals surface area contributed by atoms with E-state index in [-0.39, 0.29) is 5.56 Å². The van der Waals surface area contributed by atoms with Crippen LogP contribution in [0.4, 0.5) is 0 Å². The van der Waals surface area contributed by atoms with Gasteiger partial charge in [0.1, 0.15) is 5.75 Å². The van der Waals surface area contributed by atoms with Crippen LogP contribution in [0.2, 0.25) is 0 Å². The van der Waals surface area contributed by atoms with Crippen molar-refractivity contribution < 1.29 is 29.0 Å². The summed E-state index contributed by atoms with van der Waals surface area (Å²) >= 11 is 0. The molecule has 1 fully saturated rings. The van der Waals surface area contributed by atoms with Crippen LogP contribution in [0, 0.1) is 0 Å². The molecule has 7 nitrogen and oxygen atoms in total. The molecule has 7 heteroatoms. The average molecular weight is 411 g/mol. The number of carbonyl (C=O) groups excluding carboxylic acids is 2. The Morgan fingerprint density at radius 2 is 1.77 bits per heavy atom. The zero-order chi connectivity index (χ0) is 21.5. The molecule has 0 unspecified atom stereocenters. The smallest absolute Gasteiger partial charge is 0.372 e. The highest BCUT2D eigenvalue weighted by Crippen LogP contribution is 2.30. The molecule has 0 atom stereocenters. The summed E-state index contributed by atoms with van der Waals surface area (Å²) in [5.74, 6) is -2.92. The molecule has 3 rings (SSSR count). The second kappa shape index (κ2) is 10.1. The highest BCUT2D eigenvalue weighted by Gasteiger charge is 2.24. The second-order valence-electron chi connectivity index (χ2n) is 7.21. The minimum atomic E-state index is -1.61. The Morgan fingerprint density at radius 1 is 1.07 bits per heavy atom. The molecule has 0 spiro atoms. The van der Waals surface area contributed by atoms with Crippen LogP contribution in [-0.4, -0.2) is 61.0 Å². The van der Waals surface area contributed by atoms with E-state index in [1.54, 1.807) is 6.07 Å². The summed E-state index contributed by atoms with van der Waals surface area (Å²) in [4.78, 5) is 37.5. The van der Waals surface area contributed by atoms with Gasteiger partial charge >= 0.3 is 5.97 Å². The van der Waals surface area contributed by atoms with E-state index in [0.717, 1.165) is 29.8 Å². The van der Waals surface area contributed by atoms with E-state index in [9.17, 15) is 14.4 Å². The van der Waals surface area contributed by atoms with Gasteiger partial charge in [0.05, 0.1) is 32.3 Å². The Hall–Kier alpha value is -3.03. The molecule has 158 valence electrons. The van der Waals surface area contributed by atoms with E-state index in [1.165, 1.54) is 7.11 Å². The first-order valence-electron chi connectivity index (χ1n) is 9.81. The number of nitrogens with zero attached hydrogens (tertiary/aromatic N) is 1. The van der Waals surface area contributed by atoms with Crippen molar-refractivity contribution in [3.63, 3.8) is 0 Å². The molecule has 0 aliphatic carbocycles. The third-order valence-corrected chi connectivity index (χ3v) is 5.04. The predicted molar refractivity (Wildman–Crippen MR) is 110 cm³/mol. The van der Waals surface area contributed by atoms with Crippen molar-refractivity contribution in [3.05, 3.63) is 64.7 Å². The number of Topliss-reactive ketones (excluding diaryl/α,β-unsaturated/α-hetero) is 2. The number of carbonyl (C=O) groups is 3. The van der Waals surface area contributed by atoms with Crippen molar-refractivity contribution in [2.45, 2.75) is 19.4 Å². The average Bonchev–Trinajstić information content (AvgIpc) is 2.74. The Morgan fingerprint density at radius 3 is 2.40 bits per heavy atom.